The smallest absolute Gasteiger partial charge is 0.326 e. The molecule has 1 atom stereocenters. The molecule has 0 radical (unpaired) electrons. The molecule has 0 bridgehead atoms. The number of carbonyl (C=O) groups is 2. The molecule has 110 valence electrons. The summed E-state index contributed by atoms with van der Waals surface area (Å²) in [6, 6.07) is 4.93. The Morgan fingerprint density at radius 2 is 2.35 bits per heavy atom. The van der Waals surface area contributed by atoms with Crippen LogP contribution in [0.3, 0.4) is 0 Å². The molecule has 1 aromatic rings. The predicted molar refractivity (Wildman–Crippen MR) is 82.1 cm³/mol. The maximum atomic E-state index is 10.8. The number of methoxy groups -OCH3 is 1. The van der Waals surface area contributed by atoms with Gasteiger partial charge in [0.05, 0.1) is 7.11 Å². The second kappa shape index (κ2) is 8.86. The van der Waals surface area contributed by atoms with Gasteiger partial charge in [0.15, 0.2) is 0 Å². The average Bonchev–Trinajstić information content (AvgIpc) is 2.42. The van der Waals surface area contributed by atoms with Crippen LogP contribution in [0.15, 0.2) is 22.7 Å². The van der Waals surface area contributed by atoms with Crippen LogP contribution in [0.25, 0.3) is 0 Å². The zero-order chi connectivity index (χ0) is 15.0. The second-order valence-electron chi connectivity index (χ2n) is 3.97. The van der Waals surface area contributed by atoms with Crippen LogP contribution in [0.1, 0.15) is 12.0 Å². The van der Waals surface area contributed by atoms with Crippen LogP contribution >= 0.6 is 27.7 Å². The SMILES string of the molecule is COc1ccc(Br)cc1CSCCC(NC=O)C(=O)O. The number of carboxylic acid groups (broad SMARTS) is 1. The van der Waals surface area contributed by atoms with E-state index in [1.54, 1.807) is 18.9 Å². The zero-order valence-corrected chi connectivity index (χ0v) is 13.4. The van der Waals surface area contributed by atoms with Crippen LogP contribution in [0.4, 0.5) is 0 Å². The number of carbonyl (C=O) groups excluding carboxylic acids is 1. The van der Waals surface area contributed by atoms with E-state index in [0.29, 0.717) is 18.6 Å². The highest BCUT2D eigenvalue weighted by Gasteiger charge is 2.15. The summed E-state index contributed by atoms with van der Waals surface area (Å²) in [4.78, 5) is 21.1. The number of halogens is 1. The van der Waals surface area contributed by atoms with Crippen molar-refractivity contribution in [1.29, 1.82) is 0 Å². The lowest BCUT2D eigenvalue weighted by atomic mass is 10.2. The van der Waals surface area contributed by atoms with E-state index >= 15 is 0 Å². The Balaban J connectivity index is 2.46. The van der Waals surface area contributed by atoms with Crippen LogP contribution in [-0.2, 0) is 15.3 Å². The number of benzene rings is 1. The molecule has 1 aromatic carbocycles. The number of rotatable bonds is 9. The largest absolute Gasteiger partial charge is 0.496 e. The molecule has 0 aromatic heterocycles. The van der Waals surface area contributed by atoms with E-state index in [9.17, 15) is 9.59 Å². The third kappa shape index (κ3) is 5.42. The third-order valence-corrected chi connectivity index (χ3v) is 4.15. The first-order valence-electron chi connectivity index (χ1n) is 5.91. The summed E-state index contributed by atoms with van der Waals surface area (Å²) < 4.78 is 6.24. The number of amides is 1. The van der Waals surface area contributed by atoms with Crippen LogP contribution in [0.5, 0.6) is 5.75 Å². The number of carboxylic acids is 1. The maximum Gasteiger partial charge on any atom is 0.326 e. The molecule has 0 aliphatic carbocycles. The van der Waals surface area contributed by atoms with Gasteiger partial charge in [-0.1, -0.05) is 15.9 Å². The van der Waals surface area contributed by atoms with E-state index in [1.807, 2.05) is 18.2 Å². The van der Waals surface area contributed by atoms with Gasteiger partial charge in [-0.2, -0.15) is 11.8 Å². The molecule has 7 heteroatoms. The second-order valence-corrected chi connectivity index (χ2v) is 5.99. The van der Waals surface area contributed by atoms with Gasteiger partial charge in [-0.25, -0.2) is 4.79 Å². The lowest BCUT2D eigenvalue weighted by Gasteiger charge is -2.11. The van der Waals surface area contributed by atoms with Crippen molar-refractivity contribution in [3.8, 4) is 5.75 Å². The first-order valence-corrected chi connectivity index (χ1v) is 7.86. The number of hydrogen-bond donors (Lipinski definition) is 2. The monoisotopic (exact) mass is 361 g/mol. The summed E-state index contributed by atoms with van der Waals surface area (Å²) in [5, 5.41) is 11.2. The molecule has 0 saturated heterocycles. The topological polar surface area (TPSA) is 75.6 Å². The fourth-order valence-corrected chi connectivity index (χ4v) is 3.00. The number of thioether (sulfide) groups is 1. The average molecular weight is 362 g/mol. The zero-order valence-electron chi connectivity index (χ0n) is 11.0. The molecule has 5 nitrogen and oxygen atoms in total. The van der Waals surface area contributed by atoms with E-state index in [0.717, 1.165) is 21.5 Å². The van der Waals surface area contributed by atoms with Gasteiger partial charge in [-0.15, -0.1) is 0 Å². The van der Waals surface area contributed by atoms with Crippen LogP contribution < -0.4 is 10.1 Å². The summed E-state index contributed by atoms with van der Waals surface area (Å²) in [5.41, 5.74) is 1.04. The van der Waals surface area contributed by atoms with Crippen LogP contribution in [0, 0.1) is 0 Å². The fourth-order valence-electron chi connectivity index (χ4n) is 1.60. The Bertz CT molecular complexity index is 470. The Kier molecular flexibility index (Phi) is 7.46. The number of hydrogen-bond acceptors (Lipinski definition) is 4. The molecule has 1 rings (SSSR count). The number of ether oxygens (including phenoxy) is 1. The first kappa shape index (κ1) is 16.8. The van der Waals surface area contributed by atoms with Gasteiger partial charge in [-0.05, 0) is 30.4 Å². The van der Waals surface area contributed by atoms with Gasteiger partial charge in [0.25, 0.3) is 0 Å². The molecule has 0 fully saturated rings. The summed E-state index contributed by atoms with van der Waals surface area (Å²) in [5.74, 6) is 1.14. The first-order chi connectivity index (χ1) is 9.58. The minimum absolute atomic E-state index is 0.384. The molecule has 0 heterocycles. The molecule has 0 aliphatic rings. The summed E-state index contributed by atoms with van der Waals surface area (Å²) in [6.45, 7) is 0. The quantitative estimate of drug-likeness (QED) is 0.521. The maximum absolute atomic E-state index is 10.8. The Hall–Kier alpha value is -1.21. The van der Waals surface area contributed by atoms with E-state index in [1.165, 1.54) is 0 Å². The minimum Gasteiger partial charge on any atom is -0.496 e. The van der Waals surface area contributed by atoms with Crippen molar-refractivity contribution in [1.82, 2.24) is 5.32 Å². The molecule has 1 amide bonds. The van der Waals surface area contributed by atoms with Gasteiger partial charge >= 0.3 is 5.97 Å². The Labute approximate surface area is 130 Å². The highest BCUT2D eigenvalue weighted by atomic mass is 79.9. The van der Waals surface area contributed by atoms with E-state index in [2.05, 4.69) is 21.2 Å². The van der Waals surface area contributed by atoms with E-state index in [4.69, 9.17) is 9.84 Å². The van der Waals surface area contributed by atoms with Crippen molar-refractivity contribution in [3.05, 3.63) is 28.2 Å². The van der Waals surface area contributed by atoms with Gasteiger partial charge in [0, 0.05) is 15.8 Å². The molecular formula is C13H16BrNO4S. The molecule has 0 saturated carbocycles. The van der Waals surface area contributed by atoms with E-state index < -0.39 is 12.0 Å². The highest BCUT2D eigenvalue weighted by molar-refractivity contribution is 9.10. The van der Waals surface area contributed by atoms with Crippen molar-refractivity contribution < 1.29 is 19.4 Å². The molecular weight excluding hydrogens is 346 g/mol. The molecule has 2 N–H and O–H groups in total. The fraction of sp³-hybridized carbons (Fsp3) is 0.385. The molecule has 0 spiro atoms. The lowest BCUT2D eigenvalue weighted by Crippen LogP contribution is -2.36. The third-order valence-electron chi connectivity index (χ3n) is 2.62. The summed E-state index contributed by atoms with van der Waals surface area (Å²) >= 11 is 5.00. The van der Waals surface area contributed by atoms with Crippen molar-refractivity contribution in [3.63, 3.8) is 0 Å². The highest BCUT2D eigenvalue weighted by Crippen LogP contribution is 2.27. The van der Waals surface area contributed by atoms with E-state index in [-0.39, 0.29) is 0 Å². The Morgan fingerprint density at radius 1 is 1.60 bits per heavy atom. The van der Waals surface area contributed by atoms with Gasteiger partial charge < -0.3 is 15.2 Å². The summed E-state index contributed by atoms with van der Waals surface area (Å²) in [6.07, 6.45) is 0.801. The van der Waals surface area contributed by atoms with Crippen LogP contribution in [-0.4, -0.2) is 36.4 Å². The molecule has 0 aliphatic heterocycles. The van der Waals surface area contributed by atoms with Crippen molar-refractivity contribution in [2.75, 3.05) is 12.9 Å². The summed E-state index contributed by atoms with van der Waals surface area (Å²) in [7, 11) is 1.62. The van der Waals surface area contributed by atoms with Crippen molar-refractivity contribution >= 4 is 40.1 Å². The van der Waals surface area contributed by atoms with Crippen LogP contribution in [0.2, 0.25) is 0 Å². The van der Waals surface area contributed by atoms with Gasteiger partial charge in [-0.3, -0.25) is 4.79 Å². The van der Waals surface area contributed by atoms with Gasteiger partial charge in [0.2, 0.25) is 6.41 Å². The van der Waals surface area contributed by atoms with Crippen molar-refractivity contribution in [2.45, 2.75) is 18.2 Å². The van der Waals surface area contributed by atoms with Crippen molar-refractivity contribution in [2.24, 2.45) is 0 Å². The minimum atomic E-state index is -1.02. The molecule has 20 heavy (non-hydrogen) atoms. The molecule has 1 unspecified atom stereocenters. The Morgan fingerprint density at radius 3 is 2.95 bits per heavy atom. The normalized spacial score (nSPS) is 11.7. The number of aliphatic carboxylic acids is 1. The van der Waals surface area contributed by atoms with Gasteiger partial charge in [0.1, 0.15) is 11.8 Å². The number of nitrogens with one attached hydrogen (secondary N) is 1. The standard InChI is InChI=1S/C13H16BrNO4S/c1-19-12-3-2-10(14)6-9(12)7-20-5-4-11(13(17)18)15-8-16/h2-3,6,8,11H,4-5,7H2,1H3,(H,15,16)(H,17,18). The predicted octanol–water partition coefficient (Wildman–Crippen LogP) is 2.28. The lowest BCUT2D eigenvalue weighted by molar-refractivity contribution is -0.140.